The Morgan fingerprint density at radius 1 is 1.15 bits per heavy atom. The first-order valence-corrected chi connectivity index (χ1v) is 11.9. The third-order valence-corrected chi connectivity index (χ3v) is 6.25. The zero-order chi connectivity index (χ0) is 23.8. The van der Waals surface area contributed by atoms with Crippen molar-refractivity contribution in [2.45, 2.75) is 38.8 Å². The molecule has 2 aromatic rings. The van der Waals surface area contributed by atoms with Crippen molar-refractivity contribution >= 4 is 29.4 Å². The molecular formula is C30H34ClNO. The average Bonchev–Trinajstić information content (AvgIpc) is 2.82. The minimum absolute atomic E-state index is 0.0215. The Kier molecular flexibility index (Phi) is 8.94. The van der Waals surface area contributed by atoms with Gasteiger partial charge in [-0.3, -0.25) is 0 Å². The smallest absolute Gasteiger partial charge is 0.0824 e. The Balaban J connectivity index is 1.70. The lowest BCUT2D eigenvalue weighted by atomic mass is 9.92. The van der Waals surface area contributed by atoms with Gasteiger partial charge in [-0.25, -0.2) is 0 Å². The van der Waals surface area contributed by atoms with Crippen LogP contribution in [0.2, 0.25) is 5.02 Å². The van der Waals surface area contributed by atoms with Gasteiger partial charge in [0.1, 0.15) is 0 Å². The van der Waals surface area contributed by atoms with E-state index in [1.165, 1.54) is 16.7 Å². The molecule has 2 atom stereocenters. The third kappa shape index (κ3) is 6.60. The number of rotatable bonds is 10. The second-order valence-electron chi connectivity index (χ2n) is 8.60. The fourth-order valence-corrected chi connectivity index (χ4v) is 4.40. The Hall–Kier alpha value is -2.81. The van der Waals surface area contributed by atoms with Gasteiger partial charge in [-0.1, -0.05) is 99.3 Å². The SMILES string of the molecule is C=C/C(CCC(OC)c1cccc(/C=C/C2C=Cc3ccc(Cl)cc3N2)c1)=C(\C=C)C(C)C. The number of allylic oxidation sites excluding steroid dienone is 4. The molecule has 0 saturated heterocycles. The number of hydrogen-bond donors (Lipinski definition) is 1. The minimum Gasteiger partial charge on any atom is -0.377 e. The zero-order valence-corrected chi connectivity index (χ0v) is 20.6. The van der Waals surface area contributed by atoms with E-state index in [2.05, 4.69) is 80.9 Å². The lowest BCUT2D eigenvalue weighted by molar-refractivity contribution is 0.0960. The van der Waals surface area contributed by atoms with Gasteiger partial charge in [0, 0.05) is 17.8 Å². The van der Waals surface area contributed by atoms with E-state index in [1.807, 2.05) is 30.4 Å². The van der Waals surface area contributed by atoms with Crippen LogP contribution in [0.15, 0.2) is 91.1 Å². The highest BCUT2D eigenvalue weighted by Crippen LogP contribution is 2.29. The highest BCUT2D eigenvalue weighted by Gasteiger charge is 2.14. The molecule has 172 valence electrons. The van der Waals surface area contributed by atoms with Crippen LogP contribution in [0.1, 0.15) is 49.5 Å². The number of benzene rings is 2. The largest absolute Gasteiger partial charge is 0.377 e. The number of fused-ring (bicyclic) bond motifs is 1. The Morgan fingerprint density at radius 3 is 2.67 bits per heavy atom. The molecule has 0 fully saturated rings. The summed E-state index contributed by atoms with van der Waals surface area (Å²) in [5.41, 5.74) is 7.03. The van der Waals surface area contributed by atoms with Crippen molar-refractivity contribution in [3.8, 4) is 0 Å². The Morgan fingerprint density at radius 2 is 1.97 bits per heavy atom. The van der Waals surface area contributed by atoms with E-state index < -0.39 is 0 Å². The zero-order valence-electron chi connectivity index (χ0n) is 19.9. The first-order valence-electron chi connectivity index (χ1n) is 11.5. The molecule has 1 aliphatic heterocycles. The second kappa shape index (κ2) is 11.9. The van der Waals surface area contributed by atoms with E-state index >= 15 is 0 Å². The lowest BCUT2D eigenvalue weighted by Crippen LogP contribution is -2.17. The fourth-order valence-electron chi connectivity index (χ4n) is 4.23. The molecular weight excluding hydrogens is 426 g/mol. The van der Waals surface area contributed by atoms with Crippen LogP contribution in [-0.4, -0.2) is 13.2 Å². The first kappa shape index (κ1) is 24.8. The van der Waals surface area contributed by atoms with E-state index in [1.54, 1.807) is 7.11 Å². The predicted molar refractivity (Wildman–Crippen MR) is 145 cm³/mol. The topological polar surface area (TPSA) is 21.3 Å². The van der Waals surface area contributed by atoms with Gasteiger partial charge in [-0.2, -0.15) is 0 Å². The molecule has 1 N–H and O–H groups in total. The van der Waals surface area contributed by atoms with Gasteiger partial charge in [0.25, 0.3) is 0 Å². The van der Waals surface area contributed by atoms with E-state index in [0.29, 0.717) is 5.92 Å². The summed E-state index contributed by atoms with van der Waals surface area (Å²) < 4.78 is 5.86. The van der Waals surface area contributed by atoms with Gasteiger partial charge in [0.2, 0.25) is 0 Å². The molecule has 0 aliphatic carbocycles. The second-order valence-corrected chi connectivity index (χ2v) is 9.03. The molecule has 2 unspecified atom stereocenters. The van der Waals surface area contributed by atoms with Crippen molar-refractivity contribution in [1.82, 2.24) is 0 Å². The van der Waals surface area contributed by atoms with Crippen LogP contribution < -0.4 is 5.32 Å². The quantitative estimate of drug-likeness (QED) is 0.359. The molecule has 0 radical (unpaired) electrons. The molecule has 2 aromatic carbocycles. The van der Waals surface area contributed by atoms with E-state index in [4.69, 9.17) is 16.3 Å². The molecule has 0 aromatic heterocycles. The van der Waals surface area contributed by atoms with E-state index in [9.17, 15) is 0 Å². The average molecular weight is 460 g/mol. The van der Waals surface area contributed by atoms with Crippen molar-refractivity contribution in [3.63, 3.8) is 0 Å². The summed E-state index contributed by atoms with van der Waals surface area (Å²) in [6, 6.07) is 14.6. The van der Waals surface area contributed by atoms with Gasteiger partial charge >= 0.3 is 0 Å². The van der Waals surface area contributed by atoms with E-state index in [0.717, 1.165) is 34.7 Å². The third-order valence-electron chi connectivity index (χ3n) is 6.02. The normalized spacial score (nSPS) is 16.8. The number of hydrogen-bond acceptors (Lipinski definition) is 2. The highest BCUT2D eigenvalue weighted by molar-refractivity contribution is 6.31. The van der Waals surface area contributed by atoms with Crippen LogP contribution in [-0.2, 0) is 4.74 Å². The lowest BCUT2D eigenvalue weighted by Gasteiger charge is -2.20. The van der Waals surface area contributed by atoms with Gasteiger partial charge in [0.15, 0.2) is 0 Å². The summed E-state index contributed by atoms with van der Waals surface area (Å²) >= 11 is 6.15. The molecule has 2 nitrogen and oxygen atoms in total. The fraction of sp³-hybridized carbons (Fsp3) is 0.267. The van der Waals surface area contributed by atoms with Gasteiger partial charge in [-0.05, 0) is 64.8 Å². The van der Waals surface area contributed by atoms with Crippen molar-refractivity contribution in [2.75, 3.05) is 12.4 Å². The molecule has 0 spiro atoms. The molecule has 3 heteroatoms. The standard InChI is InChI=1S/C30H34ClNO/c1-6-23(28(7-2)21(3)4)14-18-30(33-5)25-10-8-9-22(19-25)11-16-27-17-13-24-12-15-26(31)20-29(24)32-27/h6-13,15-17,19-21,27,30,32H,1-2,14,18H2,3-5H3/b16-11+,28-23-. The summed E-state index contributed by atoms with van der Waals surface area (Å²) in [6.45, 7) is 12.4. The molecule has 0 amide bonds. The van der Waals surface area contributed by atoms with Crippen LogP contribution >= 0.6 is 11.6 Å². The predicted octanol–water partition coefficient (Wildman–Crippen LogP) is 8.65. The molecule has 0 bridgehead atoms. The Bertz CT molecular complexity index is 1080. The van der Waals surface area contributed by atoms with Crippen molar-refractivity contribution in [3.05, 3.63) is 113 Å². The van der Waals surface area contributed by atoms with Crippen LogP contribution in [0, 0.1) is 5.92 Å². The Labute approximate surface area is 204 Å². The minimum atomic E-state index is 0.0215. The maximum atomic E-state index is 6.15. The summed E-state index contributed by atoms with van der Waals surface area (Å²) in [6.07, 6.45) is 14.3. The maximum absolute atomic E-state index is 6.15. The van der Waals surface area contributed by atoms with Gasteiger partial charge in [-0.15, -0.1) is 0 Å². The molecule has 1 aliphatic rings. The molecule has 33 heavy (non-hydrogen) atoms. The molecule has 3 rings (SSSR count). The van der Waals surface area contributed by atoms with E-state index in [-0.39, 0.29) is 12.1 Å². The van der Waals surface area contributed by atoms with Crippen molar-refractivity contribution in [1.29, 1.82) is 0 Å². The summed E-state index contributed by atoms with van der Waals surface area (Å²) in [5, 5.41) is 4.25. The number of nitrogens with one attached hydrogen (secondary N) is 1. The number of anilines is 1. The van der Waals surface area contributed by atoms with Crippen molar-refractivity contribution < 1.29 is 4.74 Å². The summed E-state index contributed by atoms with van der Waals surface area (Å²) in [4.78, 5) is 0. The summed E-state index contributed by atoms with van der Waals surface area (Å²) in [5.74, 6) is 0.426. The van der Waals surface area contributed by atoms with Crippen LogP contribution in [0.5, 0.6) is 0 Å². The van der Waals surface area contributed by atoms with Gasteiger partial charge in [0.05, 0.1) is 12.1 Å². The monoisotopic (exact) mass is 459 g/mol. The molecule has 1 heterocycles. The maximum Gasteiger partial charge on any atom is 0.0824 e. The van der Waals surface area contributed by atoms with Gasteiger partial charge < -0.3 is 10.1 Å². The van der Waals surface area contributed by atoms with Crippen LogP contribution in [0.25, 0.3) is 12.2 Å². The number of halogens is 1. The van der Waals surface area contributed by atoms with Crippen molar-refractivity contribution in [2.24, 2.45) is 5.92 Å². The molecule has 0 saturated carbocycles. The van der Waals surface area contributed by atoms with Crippen LogP contribution in [0.3, 0.4) is 0 Å². The summed E-state index contributed by atoms with van der Waals surface area (Å²) in [7, 11) is 1.78. The highest BCUT2D eigenvalue weighted by atomic mass is 35.5. The number of ether oxygens (including phenoxy) is 1. The van der Waals surface area contributed by atoms with Crippen LogP contribution in [0.4, 0.5) is 5.69 Å². The number of methoxy groups -OCH3 is 1. The first-order chi connectivity index (χ1) is 15.9.